The molecule has 1 aromatic heterocycles. The Morgan fingerprint density at radius 1 is 1.33 bits per heavy atom. The van der Waals surface area contributed by atoms with E-state index in [4.69, 9.17) is 5.11 Å². The lowest BCUT2D eigenvalue weighted by atomic mass is 9.91. The third-order valence-electron chi connectivity index (χ3n) is 5.12. The number of rotatable bonds is 4. The molecule has 2 heterocycles. The van der Waals surface area contributed by atoms with Crippen molar-refractivity contribution in [2.75, 3.05) is 27.2 Å². The lowest BCUT2D eigenvalue weighted by Gasteiger charge is -2.32. The highest BCUT2D eigenvalue weighted by molar-refractivity contribution is 7.89. The molecule has 1 saturated heterocycles. The summed E-state index contributed by atoms with van der Waals surface area (Å²) in [5.41, 5.74) is -0.156. The third-order valence-corrected chi connectivity index (χ3v) is 8.01. The number of hydrogen-bond donors (Lipinski definition) is 1. The fourth-order valence-corrected chi connectivity index (χ4v) is 5.66. The van der Waals surface area contributed by atoms with Crippen LogP contribution >= 0.6 is 11.3 Å². The van der Waals surface area contributed by atoms with Gasteiger partial charge in [-0.1, -0.05) is 0 Å². The molecule has 1 spiro atoms. The molecule has 2 aliphatic rings. The Morgan fingerprint density at radius 3 is 2.46 bits per heavy atom. The van der Waals surface area contributed by atoms with Crippen LogP contribution in [-0.2, 0) is 14.8 Å². The van der Waals surface area contributed by atoms with E-state index in [0.717, 1.165) is 15.6 Å². The first kappa shape index (κ1) is 17.4. The van der Waals surface area contributed by atoms with Gasteiger partial charge >= 0.3 is 5.97 Å². The molecule has 1 aromatic rings. The van der Waals surface area contributed by atoms with E-state index in [1.54, 1.807) is 10.3 Å². The summed E-state index contributed by atoms with van der Waals surface area (Å²) in [4.78, 5) is 25.7. The summed E-state index contributed by atoms with van der Waals surface area (Å²) >= 11 is 1.13. The number of nitrogens with zero attached hydrogens (tertiary/aromatic N) is 2. The van der Waals surface area contributed by atoms with Gasteiger partial charge in [0.1, 0.15) is 9.77 Å². The zero-order valence-corrected chi connectivity index (χ0v) is 15.2. The number of carboxylic acid groups (broad SMARTS) is 1. The van der Waals surface area contributed by atoms with Crippen LogP contribution in [0.25, 0.3) is 0 Å². The number of sulfonamides is 1. The molecule has 1 N–H and O–H groups in total. The highest BCUT2D eigenvalue weighted by atomic mass is 32.2. The van der Waals surface area contributed by atoms with Crippen molar-refractivity contribution in [1.29, 1.82) is 0 Å². The van der Waals surface area contributed by atoms with Crippen molar-refractivity contribution < 1.29 is 23.1 Å². The van der Waals surface area contributed by atoms with Crippen LogP contribution in [0.3, 0.4) is 0 Å². The maximum Gasteiger partial charge on any atom is 0.307 e. The van der Waals surface area contributed by atoms with Gasteiger partial charge in [0.2, 0.25) is 10.0 Å². The summed E-state index contributed by atoms with van der Waals surface area (Å²) in [5.74, 6) is -1.33. The second kappa shape index (κ2) is 5.82. The first-order chi connectivity index (χ1) is 11.2. The monoisotopic (exact) mass is 372 g/mol. The van der Waals surface area contributed by atoms with E-state index in [1.165, 1.54) is 20.2 Å². The smallest absolute Gasteiger partial charge is 0.307 e. The number of amides is 1. The summed E-state index contributed by atoms with van der Waals surface area (Å²) < 4.78 is 25.8. The normalized spacial score (nSPS) is 22.8. The largest absolute Gasteiger partial charge is 0.481 e. The molecule has 0 bridgehead atoms. The molecule has 1 aliphatic carbocycles. The second-order valence-electron chi connectivity index (χ2n) is 6.65. The van der Waals surface area contributed by atoms with Crippen molar-refractivity contribution in [3.8, 4) is 0 Å². The topological polar surface area (TPSA) is 95.0 Å². The van der Waals surface area contributed by atoms with Crippen molar-refractivity contribution in [3.05, 3.63) is 16.3 Å². The van der Waals surface area contributed by atoms with E-state index >= 15 is 0 Å². The Balaban J connectivity index is 1.74. The number of carboxylic acids is 1. The van der Waals surface area contributed by atoms with E-state index in [9.17, 15) is 18.0 Å². The first-order valence-corrected chi connectivity index (χ1v) is 10.0. The van der Waals surface area contributed by atoms with E-state index in [2.05, 4.69) is 0 Å². The SMILES string of the molecule is CN(C)S(=O)(=O)c1ccsc1C(=O)N1CCC2(CC1)CC2C(=O)O. The first-order valence-electron chi connectivity index (χ1n) is 7.71. The van der Waals surface area contributed by atoms with Crippen molar-refractivity contribution >= 4 is 33.2 Å². The van der Waals surface area contributed by atoms with Gasteiger partial charge in [-0.15, -0.1) is 11.3 Å². The number of thiophene rings is 1. The summed E-state index contributed by atoms with van der Waals surface area (Å²) in [7, 11) is -0.789. The average Bonchev–Trinajstić information content (AvgIpc) is 3.00. The van der Waals surface area contributed by atoms with Gasteiger partial charge in [0, 0.05) is 27.2 Å². The standard InChI is InChI=1S/C15H20N2O5S2/c1-16(2)24(21,22)11-3-8-23-12(11)13(18)17-6-4-15(5-7-17)9-10(15)14(19)20/h3,8,10H,4-7,9H2,1-2H3,(H,19,20). The van der Waals surface area contributed by atoms with Crippen LogP contribution in [0.15, 0.2) is 16.3 Å². The highest BCUT2D eigenvalue weighted by Gasteiger charge is 2.59. The summed E-state index contributed by atoms with van der Waals surface area (Å²) in [6.45, 7) is 0.948. The summed E-state index contributed by atoms with van der Waals surface area (Å²) in [5, 5.41) is 10.7. The molecule has 1 aliphatic heterocycles. The Bertz CT molecular complexity index is 776. The number of aliphatic carboxylic acids is 1. The van der Waals surface area contributed by atoms with Crippen molar-refractivity contribution in [2.24, 2.45) is 11.3 Å². The molecule has 1 unspecified atom stereocenters. The van der Waals surface area contributed by atoms with Crippen LogP contribution in [-0.4, -0.2) is 61.8 Å². The number of piperidine rings is 1. The Hall–Kier alpha value is -1.45. The molecule has 24 heavy (non-hydrogen) atoms. The van der Waals surface area contributed by atoms with Gasteiger partial charge in [-0.05, 0) is 36.1 Å². The lowest BCUT2D eigenvalue weighted by molar-refractivity contribution is -0.139. The van der Waals surface area contributed by atoms with Crippen molar-refractivity contribution in [3.63, 3.8) is 0 Å². The van der Waals surface area contributed by atoms with Gasteiger partial charge < -0.3 is 10.0 Å². The molecule has 1 saturated carbocycles. The Kier molecular flexibility index (Phi) is 4.21. The van der Waals surface area contributed by atoms with Crippen LogP contribution in [0, 0.1) is 11.3 Å². The van der Waals surface area contributed by atoms with Gasteiger partial charge in [0.15, 0.2) is 0 Å². The molecule has 3 rings (SSSR count). The molecule has 132 valence electrons. The van der Waals surface area contributed by atoms with Crippen molar-refractivity contribution in [2.45, 2.75) is 24.2 Å². The van der Waals surface area contributed by atoms with Gasteiger partial charge in [-0.2, -0.15) is 0 Å². The Morgan fingerprint density at radius 2 is 1.96 bits per heavy atom. The van der Waals surface area contributed by atoms with E-state index < -0.39 is 16.0 Å². The van der Waals surface area contributed by atoms with E-state index in [-0.39, 0.29) is 27.0 Å². The molecule has 1 amide bonds. The average molecular weight is 372 g/mol. The Labute approximate surface area is 144 Å². The third kappa shape index (κ3) is 2.74. The van der Waals surface area contributed by atoms with Gasteiger partial charge in [0.25, 0.3) is 5.91 Å². The van der Waals surface area contributed by atoms with Gasteiger partial charge in [0.05, 0.1) is 5.92 Å². The molecule has 0 radical (unpaired) electrons. The van der Waals surface area contributed by atoms with Gasteiger partial charge in [-0.25, -0.2) is 12.7 Å². The maximum atomic E-state index is 12.7. The van der Waals surface area contributed by atoms with Crippen LogP contribution in [0.2, 0.25) is 0 Å². The molecule has 1 atom stereocenters. The van der Waals surface area contributed by atoms with Crippen LogP contribution in [0.4, 0.5) is 0 Å². The molecule has 2 fully saturated rings. The van der Waals surface area contributed by atoms with Gasteiger partial charge in [-0.3, -0.25) is 9.59 Å². The summed E-state index contributed by atoms with van der Waals surface area (Å²) in [6, 6.07) is 1.46. The minimum absolute atomic E-state index is 0.0395. The number of hydrogen-bond acceptors (Lipinski definition) is 5. The quantitative estimate of drug-likeness (QED) is 0.860. The molecular formula is C15H20N2O5S2. The molecule has 7 nitrogen and oxygen atoms in total. The zero-order chi connectivity index (χ0) is 17.7. The minimum Gasteiger partial charge on any atom is -0.481 e. The van der Waals surface area contributed by atoms with Crippen LogP contribution in [0.5, 0.6) is 0 Å². The molecular weight excluding hydrogens is 352 g/mol. The van der Waals surface area contributed by atoms with E-state index in [1.807, 2.05) is 0 Å². The summed E-state index contributed by atoms with van der Waals surface area (Å²) in [6.07, 6.45) is 2.01. The maximum absolute atomic E-state index is 12.7. The number of likely N-dealkylation sites (tertiary alicyclic amines) is 1. The van der Waals surface area contributed by atoms with E-state index in [0.29, 0.717) is 32.4 Å². The molecule has 0 aromatic carbocycles. The highest BCUT2D eigenvalue weighted by Crippen LogP contribution is 2.59. The number of carbonyl (C=O) groups is 2. The van der Waals surface area contributed by atoms with Crippen LogP contribution in [0.1, 0.15) is 28.9 Å². The van der Waals surface area contributed by atoms with Crippen LogP contribution < -0.4 is 0 Å². The second-order valence-corrected chi connectivity index (χ2v) is 9.69. The molecule has 9 heteroatoms. The predicted octanol–water partition coefficient (Wildman–Crippen LogP) is 1.33. The zero-order valence-electron chi connectivity index (χ0n) is 13.6. The predicted molar refractivity (Wildman–Crippen MR) is 88.5 cm³/mol. The fraction of sp³-hybridized carbons (Fsp3) is 0.600. The minimum atomic E-state index is -3.66. The number of carbonyl (C=O) groups excluding carboxylic acids is 1. The fourth-order valence-electron chi connectivity index (χ4n) is 3.40. The lowest BCUT2D eigenvalue weighted by Crippen LogP contribution is -2.40. The van der Waals surface area contributed by atoms with Crippen molar-refractivity contribution in [1.82, 2.24) is 9.21 Å².